The summed E-state index contributed by atoms with van der Waals surface area (Å²) in [7, 11) is 0. The summed E-state index contributed by atoms with van der Waals surface area (Å²) in [6.07, 6.45) is 3.18. The van der Waals surface area contributed by atoms with E-state index in [-0.39, 0.29) is 5.97 Å². The average molecular weight is 212 g/mol. The third-order valence-electron chi connectivity index (χ3n) is 2.60. The van der Waals surface area contributed by atoms with Crippen LogP contribution in [-0.4, -0.2) is 22.8 Å². The molecular weight excluding hydrogens is 192 g/mol. The van der Waals surface area contributed by atoms with Gasteiger partial charge in [0.1, 0.15) is 11.7 Å². The van der Waals surface area contributed by atoms with Gasteiger partial charge in [0.25, 0.3) is 0 Å². The zero-order valence-electron chi connectivity index (χ0n) is 9.75. The molecule has 1 saturated carbocycles. The van der Waals surface area contributed by atoms with E-state index in [4.69, 9.17) is 4.74 Å². The number of hydrogen-bond acceptors (Lipinski definition) is 3. The number of carbonyl (C=O) groups is 1. The van der Waals surface area contributed by atoms with Gasteiger partial charge in [0.2, 0.25) is 0 Å². The van der Waals surface area contributed by atoms with E-state index in [1.54, 1.807) is 26.8 Å². The van der Waals surface area contributed by atoms with Gasteiger partial charge in [-0.25, -0.2) is 0 Å². The molecule has 3 nitrogen and oxygen atoms in total. The lowest BCUT2D eigenvalue weighted by molar-refractivity contribution is -0.166. The topological polar surface area (TPSA) is 46.5 Å². The Kier molecular flexibility index (Phi) is 3.24. The van der Waals surface area contributed by atoms with Crippen LogP contribution in [0.25, 0.3) is 0 Å². The van der Waals surface area contributed by atoms with E-state index in [0.29, 0.717) is 19.3 Å². The zero-order chi connectivity index (χ0) is 11.7. The van der Waals surface area contributed by atoms with Crippen LogP contribution in [0.1, 0.15) is 40.0 Å². The molecule has 1 aliphatic carbocycles. The maximum Gasteiger partial charge on any atom is 0.311 e. The molecule has 1 rings (SSSR count). The van der Waals surface area contributed by atoms with Crippen LogP contribution in [0.5, 0.6) is 0 Å². The Hall–Kier alpha value is -0.830. The molecule has 1 aliphatic rings. The number of esters is 1. The Morgan fingerprint density at radius 1 is 1.60 bits per heavy atom. The SMILES string of the molecule is C=CCC(OC(=O)C(C)(C)C)C1(O)CC1. The van der Waals surface area contributed by atoms with Crippen LogP contribution >= 0.6 is 0 Å². The first-order chi connectivity index (χ1) is 6.79. The predicted molar refractivity (Wildman–Crippen MR) is 58.3 cm³/mol. The fourth-order valence-electron chi connectivity index (χ4n) is 1.28. The van der Waals surface area contributed by atoms with Crippen molar-refractivity contribution in [1.82, 2.24) is 0 Å². The van der Waals surface area contributed by atoms with Crippen molar-refractivity contribution in [1.29, 1.82) is 0 Å². The highest BCUT2D eigenvalue weighted by atomic mass is 16.6. The molecule has 0 saturated heterocycles. The van der Waals surface area contributed by atoms with Gasteiger partial charge < -0.3 is 9.84 Å². The van der Waals surface area contributed by atoms with E-state index in [2.05, 4.69) is 6.58 Å². The molecule has 0 aromatic carbocycles. The lowest BCUT2D eigenvalue weighted by Crippen LogP contribution is -2.36. The van der Waals surface area contributed by atoms with E-state index in [0.717, 1.165) is 0 Å². The van der Waals surface area contributed by atoms with Gasteiger partial charge in [0.15, 0.2) is 0 Å². The maximum absolute atomic E-state index is 11.7. The Labute approximate surface area is 91.1 Å². The summed E-state index contributed by atoms with van der Waals surface area (Å²) in [5.74, 6) is -0.269. The highest BCUT2D eigenvalue weighted by molar-refractivity contribution is 5.75. The highest BCUT2D eigenvalue weighted by Gasteiger charge is 2.50. The van der Waals surface area contributed by atoms with Crippen molar-refractivity contribution in [3.05, 3.63) is 12.7 Å². The fraction of sp³-hybridized carbons (Fsp3) is 0.750. The molecular formula is C12H20O3. The Bertz CT molecular complexity index is 259. The van der Waals surface area contributed by atoms with Crippen molar-refractivity contribution in [3.63, 3.8) is 0 Å². The normalized spacial score (nSPS) is 20.5. The molecule has 0 radical (unpaired) electrons. The molecule has 86 valence electrons. The summed E-state index contributed by atoms with van der Waals surface area (Å²) in [5.41, 5.74) is -1.32. The van der Waals surface area contributed by atoms with Crippen LogP contribution in [0.15, 0.2) is 12.7 Å². The number of hydrogen-bond donors (Lipinski definition) is 1. The molecule has 1 atom stereocenters. The Morgan fingerprint density at radius 3 is 2.47 bits per heavy atom. The van der Waals surface area contributed by atoms with Crippen LogP contribution in [-0.2, 0) is 9.53 Å². The molecule has 0 aromatic rings. The molecule has 0 spiro atoms. The minimum atomic E-state index is -0.797. The van der Waals surface area contributed by atoms with Crippen LogP contribution in [0.2, 0.25) is 0 Å². The second-order valence-corrected chi connectivity index (χ2v) is 5.27. The second kappa shape index (κ2) is 3.97. The van der Waals surface area contributed by atoms with Gasteiger partial charge in [0.05, 0.1) is 5.41 Å². The summed E-state index contributed by atoms with van der Waals surface area (Å²) >= 11 is 0. The first-order valence-corrected chi connectivity index (χ1v) is 5.34. The predicted octanol–water partition coefficient (Wildman–Crippen LogP) is 2.05. The van der Waals surface area contributed by atoms with E-state index in [1.807, 2.05) is 0 Å². The quantitative estimate of drug-likeness (QED) is 0.573. The molecule has 0 bridgehead atoms. The van der Waals surface area contributed by atoms with Crippen molar-refractivity contribution in [2.24, 2.45) is 5.41 Å². The zero-order valence-corrected chi connectivity index (χ0v) is 9.75. The van der Waals surface area contributed by atoms with Gasteiger partial charge >= 0.3 is 5.97 Å². The van der Waals surface area contributed by atoms with Gasteiger partial charge in [-0.15, -0.1) is 6.58 Å². The summed E-state index contributed by atoms with van der Waals surface area (Å²) < 4.78 is 5.32. The Balaban J connectivity index is 2.59. The van der Waals surface area contributed by atoms with Crippen LogP contribution in [0.3, 0.4) is 0 Å². The maximum atomic E-state index is 11.7. The fourth-order valence-corrected chi connectivity index (χ4v) is 1.28. The smallest absolute Gasteiger partial charge is 0.311 e. The molecule has 0 aliphatic heterocycles. The van der Waals surface area contributed by atoms with E-state index < -0.39 is 17.1 Å². The lowest BCUT2D eigenvalue weighted by atomic mass is 9.97. The monoisotopic (exact) mass is 212 g/mol. The third kappa shape index (κ3) is 3.06. The van der Waals surface area contributed by atoms with Crippen molar-refractivity contribution in [3.8, 4) is 0 Å². The molecule has 0 heterocycles. The lowest BCUT2D eigenvalue weighted by Gasteiger charge is -2.26. The van der Waals surface area contributed by atoms with Crippen molar-refractivity contribution in [2.75, 3.05) is 0 Å². The van der Waals surface area contributed by atoms with Crippen molar-refractivity contribution < 1.29 is 14.6 Å². The number of carbonyl (C=O) groups excluding carboxylic acids is 1. The largest absolute Gasteiger partial charge is 0.459 e. The molecule has 1 unspecified atom stereocenters. The van der Waals surface area contributed by atoms with Gasteiger partial charge in [0, 0.05) is 6.42 Å². The average Bonchev–Trinajstić information content (AvgIpc) is 2.82. The van der Waals surface area contributed by atoms with E-state index in [9.17, 15) is 9.90 Å². The molecule has 1 N–H and O–H groups in total. The first-order valence-electron chi connectivity index (χ1n) is 5.34. The van der Waals surface area contributed by atoms with Crippen molar-refractivity contribution in [2.45, 2.75) is 51.7 Å². The molecule has 0 amide bonds. The van der Waals surface area contributed by atoms with E-state index in [1.165, 1.54) is 0 Å². The second-order valence-electron chi connectivity index (χ2n) is 5.27. The first kappa shape index (κ1) is 12.2. The molecule has 1 fully saturated rings. The van der Waals surface area contributed by atoms with Gasteiger partial charge in [-0.3, -0.25) is 4.79 Å². The van der Waals surface area contributed by atoms with Gasteiger partial charge in [-0.2, -0.15) is 0 Å². The minimum absolute atomic E-state index is 0.269. The van der Waals surface area contributed by atoms with Crippen LogP contribution < -0.4 is 0 Å². The molecule has 15 heavy (non-hydrogen) atoms. The summed E-state index contributed by atoms with van der Waals surface area (Å²) in [5, 5.41) is 9.91. The summed E-state index contributed by atoms with van der Waals surface area (Å²) in [6.45, 7) is 9.02. The minimum Gasteiger partial charge on any atom is -0.459 e. The van der Waals surface area contributed by atoms with Crippen molar-refractivity contribution >= 4 is 5.97 Å². The standard InChI is InChI=1S/C12H20O3/c1-5-6-9(12(14)7-8-12)15-10(13)11(2,3)4/h5,9,14H,1,6-8H2,2-4H3. The number of rotatable bonds is 4. The van der Waals surface area contributed by atoms with Gasteiger partial charge in [-0.1, -0.05) is 6.08 Å². The van der Waals surface area contributed by atoms with E-state index >= 15 is 0 Å². The third-order valence-corrected chi connectivity index (χ3v) is 2.60. The van der Waals surface area contributed by atoms with Crippen LogP contribution in [0.4, 0.5) is 0 Å². The van der Waals surface area contributed by atoms with Gasteiger partial charge in [-0.05, 0) is 33.6 Å². The number of aliphatic hydroxyl groups is 1. The summed E-state index contributed by atoms with van der Waals surface area (Å²) in [6, 6.07) is 0. The Morgan fingerprint density at radius 2 is 2.13 bits per heavy atom. The summed E-state index contributed by atoms with van der Waals surface area (Å²) in [4.78, 5) is 11.7. The molecule has 3 heteroatoms. The molecule has 0 aromatic heterocycles. The highest BCUT2D eigenvalue weighted by Crippen LogP contribution is 2.41. The van der Waals surface area contributed by atoms with Crippen LogP contribution in [0, 0.1) is 5.41 Å². The number of ether oxygens (including phenoxy) is 1.